The van der Waals surface area contributed by atoms with Crippen molar-refractivity contribution in [3.63, 3.8) is 0 Å². The van der Waals surface area contributed by atoms with Gasteiger partial charge in [-0.2, -0.15) is 0 Å². The summed E-state index contributed by atoms with van der Waals surface area (Å²) in [5.41, 5.74) is 0.793. The topological polar surface area (TPSA) is 107 Å². The summed E-state index contributed by atoms with van der Waals surface area (Å²) >= 11 is 0. The molecule has 6 nitrogen and oxygen atoms in total. The van der Waals surface area contributed by atoms with E-state index in [2.05, 4.69) is 26.8 Å². The average Bonchev–Trinajstić information content (AvgIpc) is 3.06. The molecule has 4 aliphatic rings. The van der Waals surface area contributed by atoms with E-state index in [9.17, 15) is 20.3 Å². The summed E-state index contributed by atoms with van der Waals surface area (Å²) in [5.74, 6) is 0.292. The first kappa shape index (κ1) is 22.3. The number of aliphatic hydroxyl groups excluding tert-OH is 2. The Morgan fingerprint density at radius 1 is 1.23 bits per heavy atom. The highest BCUT2D eigenvalue weighted by molar-refractivity contribution is 5.66. The second-order valence-electron chi connectivity index (χ2n) is 11.1. The SMILES string of the molecule is CC(CCC(=O)O)C1CCC2C3C(OO)C=C4CC(O)CCC4(C)C3CC(O)C12C. The van der Waals surface area contributed by atoms with Crippen LogP contribution >= 0.6 is 0 Å². The lowest BCUT2D eigenvalue weighted by Crippen LogP contribution is -2.60. The molecule has 3 fully saturated rings. The van der Waals surface area contributed by atoms with Crippen LogP contribution in [0.25, 0.3) is 0 Å². The smallest absolute Gasteiger partial charge is 0.303 e. The Morgan fingerprint density at radius 3 is 2.63 bits per heavy atom. The lowest BCUT2D eigenvalue weighted by Gasteiger charge is -2.61. The molecule has 0 aliphatic heterocycles. The molecule has 0 aromatic carbocycles. The van der Waals surface area contributed by atoms with Crippen LogP contribution in [0.4, 0.5) is 0 Å². The second-order valence-corrected chi connectivity index (χ2v) is 11.1. The van der Waals surface area contributed by atoms with Gasteiger partial charge in [-0.3, -0.25) is 10.1 Å². The molecule has 4 N–H and O–H groups in total. The van der Waals surface area contributed by atoms with Crippen LogP contribution < -0.4 is 0 Å². The zero-order valence-electron chi connectivity index (χ0n) is 18.5. The molecule has 10 unspecified atom stereocenters. The molecule has 6 heteroatoms. The maximum absolute atomic E-state index is 11.5. The number of rotatable bonds is 5. The van der Waals surface area contributed by atoms with Gasteiger partial charge in [-0.15, -0.1) is 0 Å². The van der Waals surface area contributed by atoms with Crippen molar-refractivity contribution in [1.82, 2.24) is 0 Å². The summed E-state index contributed by atoms with van der Waals surface area (Å²) in [4.78, 5) is 16.1. The zero-order valence-corrected chi connectivity index (χ0v) is 18.5. The summed E-state index contributed by atoms with van der Waals surface area (Å²) in [6.07, 6.45) is 6.55. The number of hydrogen-bond donors (Lipinski definition) is 4. The fourth-order valence-electron chi connectivity index (χ4n) is 8.19. The molecule has 30 heavy (non-hydrogen) atoms. The predicted molar refractivity (Wildman–Crippen MR) is 112 cm³/mol. The van der Waals surface area contributed by atoms with Crippen LogP contribution in [0, 0.1) is 40.4 Å². The number of hydrogen-bond acceptors (Lipinski definition) is 5. The van der Waals surface area contributed by atoms with Crippen molar-refractivity contribution >= 4 is 5.97 Å². The predicted octanol–water partition coefficient (Wildman–Crippen LogP) is 3.87. The molecule has 0 radical (unpaired) electrons. The van der Waals surface area contributed by atoms with Gasteiger partial charge in [0.05, 0.1) is 12.2 Å². The highest BCUT2D eigenvalue weighted by Gasteiger charge is 2.64. The lowest BCUT2D eigenvalue weighted by molar-refractivity contribution is -0.300. The van der Waals surface area contributed by atoms with E-state index in [1.54, 1.807) is 0 Å². The summed E-state index contributed by atoms with van der Waals surface area (Å²) in [6.45, 7) is 6.59. The van der Waals surface area contributed by atoms with Crippen molar-refractivity contribution in [1.29, 1.82) is 0 Å². The minimum absolute atomic E-state index is 0.0752. The molecule has 4 aliphatic carbocycles. The Kier molecular flexibility index (Phi) is 5.84. The van der Waals surface area contributed by atoms with E-state index in [-0.39, 0.29) is 52.9 Å². The van der Waals surface area contributed by atoms with Crippen LogP contribution in [-0.4, -0.2) is 44.9 Å². The Labute approximate surface area is 179 Å². The molecule has 0 bridgehead atoms. The van der Waals surface area contributed by atoms with Gasteiger partial charge in [-0.05, 0) is 85.4 Å². The number of fused-ring (bicyclic) bond motifs is 5. The van der Waals surface area contributed by atoms with E-state index in [0.717, 1.165) is 25.7 Å². The Hall–Kier alpha value is -0.950. The number of carboxylic acids is 1. The zero-order chi connectivity index (χ0) is 21.8. The second kappa shape index (κ2) is 7.88. The van der Waals surface area contributed by atoms with Gasteiger partial charge >= 0.3 is 5.97 Å². The van der Waals surface area contributed by atoms with Crippen molar-refractivity contribution in [2.75, 3.05) is 0 Å². The molecule has 0 saturated heterocycles. The lowest BCUT2D eigenvalue weighted by atomic mass is 9.45. The van der Waals surface area contributed by atoms with E-state index >= 15 is 0 Å². The molecule has 170 valence electrons. The molecule has 3 saturated carbocycles. The van der Waals surface area contributed by atoms with Gasteiger partial charge in [0.2, 0.25) is 0 Å². The normalized spacial score (nSPS) is 48.9. The molecule has 0 amide bonds. The van der Waals surface area contributed by atoms with Crippen LogP contribution in [0.5, 0.6) is 0 Å². The van der Waals surface area contributed by atoms with Gasteiger partial charge in [0.15, 0.2) is 0 Å². The fraction of sp³-hybridized carbons (Fsp3) is 0.875. The highest BCUT2D eigenvalue weighted by atomic mass is 17.1. The summed E-state index contributed by atoms with van der Waals surface area (Å²) in [5, 5.41) is 40.7. The van der Waals surface area contributed by atoms with E-state index in [0.29, 0.717) is 19.3 Å². The van der Waals surface area contributed by atoms with Gasteiger partial charge in [-0.1, -0.05) is 32.4 Å². The minimum atomic E-state index is -0.767. The largest absolute Gasteiger partial charge is 0.481 e. The third-order valence-electron chi connectivity index (χ3n) is 9.88. The van der Waals surface area contributed by atoms with Crippen LogP contribution in [-0.2, 0) is 9.68 Å². The first-order valence-corrected chi connectivity index (χ1v) is 11.7. The fourth-order valence-corrected chi connectivity index (χ4v) is 8.19. The Morgan fingerprint density at radius 2 is 1.97 bits per heavy atom. The van der Waals surface area contributed by atoms with Crippen LogP contribution in [0.3, 0.4) is 0 Å². The molecular weight excluding hydrogens is 384 g/mol. The van der Waals surface area contributed by atoms with Crippen molar-refractivity contribution in [3.05, 3.63) is 11.6 Å². The molecule has 0 spiro atoms. The first-order valence-electron chi connectivity index (χ1n) is 11.7. The summed E-state index contributed by atoms with van der Waals surface area (Å²) in [7, 11) is 0. The monoisotopic (exact) mass is 422 g/mol. The van der Waals surface area contributed by atoms with Crippen molar-refractivity contribution < 1.29 is 30.3 Å². The van der Waals surface area contributed by atoms with E-state index in [1.165, 1.54) is 5.57 Å². The van der Waals surface area contributed by atoms with Crippen LogP contribution in [0.2, 0.25) is 0 Å². The average molecular weight is 423 g/mol. The van der Waals surface area contributed by atoms with Gasteiger partial charge in [-0.25, -0.2) is 4.89 Å². The third kappa shape index (κ3) is 3.26. The van der Waals surface area contributed by atoms with E-state index in [4.69, 9.17) is 9.99 Å². The van der Waals surface area contributed by atoms with Crippen molar-refractivity contribution in [3.8, 4) is 0 Å². The minimum Gasteiger partial charge on any atom is -0.481 e. The molecule has 0 aromatic heterocycles. The standard InChI is InChI=1S/C24H38O6/c1-13(4-7-21(27)28)16-5-6-17-22-18(12-20(26)24(16,17)3)23(2)9-8-15(25)10-14(23)11-19(22)30-29/h11,13,15-20,22,25-26,29H,4-10,12H2,1-3H3,(H,27,28). The molecule has 4 rings (SSSR count). The van der Waals surface area contributed by atoms with E-state index < -0.39 is 18.2 Å². The van der Waals surface area contributed by atoms with Gasteiger partial charge in [0, 0.05) is 6.42 Å². The quantitative estimate of drug-likeness (QED) is 0.304. The number of aliphatic carboxylic acids is 1. The molecule has 0 heterocycles. The number of aliphatic hydroxyl groups is 2. The number of carboxylic acid groups (broad SMARTS) is 1. The maximum atomic E-state index is 11.5. The molecule has 10 atom stereocenters. The first-order chi connectivity index (χ1) is 14.1. The van der Waals surface area contributed by atoms with Crippen molar-refractivity contribution in [2.24, 2.45) is 40.4 Å². The Balaban J connectivity index is 1.67. The summed E-state index contributed by atoms with van der Waals surface area (Å²) < 4.78 is 0. The summed E-state index contributed by atoms with van der Waals surface area (Å²) in [6, 6.07) is 0. The van der Waals surface area contributed by atoms with E-state index in [1.807, 2.05) is 0 Å². The van der Waals surface area contributed by atoms with Crippen LogP contribution in [0.15, 0.2) is 11.6 Å². The third-order valence-corrected chi connectivity index (χ3v) is 9.88. The molecular formula is C24H38O6. The molecule has 0 aromatic rings. The van der Waals surface area contributed by atoms with Crippen molar-refractivity contribution in [2.45, 2.75) is 90.4 Å². The van der Waals surface area contributed by atoms with Gasteiger partial charge in [0.1, 0.15) is 6.10 Å². The highest BCUT2D eigenvalue weighted by Crippen LogP contribution is 2.67. The van der Waals surface area contributed by atoms with Crippen LogP contribution in [0.1, 0.15) is 72.1 Å². The van der Waals surface area contributed by atoms with Gasteiger partial charge in [0.25, 0.3) is 0 Å². The maximum Gasteiger partial charge on any atom is 0.303 e. The van der Waals surface area contributed by atoms with Gasteiger partial charge < -0.3 is 15.3 Å². The number of carbonyl (C=O) groups is 1. The Bertz CT molecular complexity index is 706.